The molecule has 0 radical (unpaired) electrons. The van der Waals surface area contributed by atoms with Crippen LogP contribution in [0, 0.1) is 0 Å². The van der Waals surface area contributed by atoms with Crippen LogP contribution >= 0.6 is 0 Å². The van der Waals surface area contributed by atoms with Crippen LogP contribution in [0.25, 0.3) is 0 Å². The summed E-state index contributed by atoms with van der Waals surface area (Å²) in [4.78, 5) is 0. The van der Waals surface area contributed by atoms with Gasteiger partial charge in [0, 0.05) is 0 Å². The molecule has 2 aliphatic heterocycles. The van der Waals surface area contributed by atoms with Crippen molar-refractivity contribution >= 4 is 34.2 Å². The van der Waals surface area contributed by atoms with E-state index < -0.39 is 70.9 Å². The van der Waals surface area contributed by atoms with E-state index >= 15 is 0 Å². The molecule has 2 heterocycles. The van der Waals surface area contributed by atoms with Gasteiger partial charge in [0.05, 0.1) is 0 Å². The fourth-order valence-corrected chi connectivity index (χ4v) is 30.4. The lowest BCUT2D eigenvalue weighted by molar-refractivity contribution is -0.203. The van der Waals surface area contributed by atoms with Gasteiger partial charge in [-0.25, -0.2) is 0 Å². The number of hydrogen-bond acceptors (Lipinski definition) is 8. The molecule has 2 unspecified atom stereocenters. The number of fused-ring (bicyclic) bond motifs is 2. The summed E-state index contributed by atoms with van der Waals surface area (Å²) in [6.45, 7) is 34.7. The number of aliphatic hydroxyl groups excluding tert-OH is 2. The first-order valence-corrected chi connectivity index (χ1v) is 24.5. The molecule has 248 valence electrons. The van der Waals surface area contributed by atoms with Crippen LogP contribution in [-0.2, 0) is 25.9 Å². The summed E-state index contributed by atoms with van der Waals surface area (Å²) in [5.74, 6) is 0. The summed E-state index contributed by atoms with van der Waals surface area (Å²) in [6.07, 6.45) is -5.34. The molecule has 3 rings (SSSR count). The molecule has 0 bridgehead atoms. The SMILES string of the molecule is CC(C)[Si]1(C(C)C)O[C@@H]2C(O)[C@@H]3O[Si](C(C)C)(C(C)C)O[Si](C(C)C)(C(C)C)O[C@H]3C(O)[C@H]2O[Si](C(C)C)(C(C)C)O1. The zero-order valence-corrected chi connectivity index (χ0v) is 33.4. The normalized spacial score (nSPS) is 34.4. The Morgan fingerprint density at radius 2 is 0.476 bits per heavy atom. The third-order valence-corrected chi connectivity index (χ3v) is 30.9. The van der Waals surface area contributed by atoms with E-state index in [2.05, 4.69) is 111 Å². The van der Waals surface area contributed by atoms with Crippen molar-refractivity contribution in [3.05, 3.63) is 0 Å². The van der Waals surface area contributed by atoms with Gasteiger partial charge >= 0.3 is 34.2 Å². The molecule has 8 nitrogen and oxygen atoms in total. The standard InChI is InChI=1S/C30H64O8Si4/c1-17(2)39(18(3)4)33-27-25(31)29-30(26(32)28(27)34-40(37-39,19(5)6)20(7)8)36-42(23(13)14,24(15)16)38-41(35-29,21(9)10)22(11)12/h17-32H,1-16H3/t25?,26?,27-,28-,29+,30+. The number of rotatable bonds is 8. The fourth-order valence-electron chi connectivity index (χ4n) is 7.84. The summed E-state index contributed by atoms with van der Waals surface area (Å²) in [5, 5.41) is 24.8. The van der Waals surface area contributed by atoms with Gasteiger partial charge in [0.2, 0.25) is 0 Å². The molecular formula is C30H64O8Si4. The zero-order valence-electron chi connectivity index (χ0n) is 29.4. The van der Waals surface area contributed by atoms with Crippen molar-refractivity contribution in [2.45, 2.75) is 192 Å². The predicted molar refractivity (Wildman–Crippen MR) is 177 cm³/mol. The maximum absolute atomic E-state index is 12.4. The second-order valence-electron chi connectivity index (χ2n) is 15.6. The highest BCUT2D eigenvalue weighted by molar-refractivity contribution is 6.85. The van der Waals surface area contributed by atoms with Gasteiger partial charge in [-0.15, -0.1) is 0 Å². The Bertz CT molecular complexity index is 740. The van der Waals surface area contributed by atoms with E-state index in [1.807, 2.05) is 0 Å². The van der Waals surface area contributed by atoms with Crippen LogP contribution < -0.4 is 0 Å². The van der Waals surface area contributed by atoms with Crippen LogP contribution in [0.15, 0.2) is 0 Å². The Balaban J connectivity index is 2.30. The zero-order chi connectivity index (χ0) is 32.3. The minimum absolute atomic E-state index is 0.114. The predicted octanol–water partition coefficient (Wildman–Crippen LogP) is 7.37. The maximum Gasteiger partial charge on any atom is 0.335 e. The van der Waals surface area contributed by atoms with E-state index in [0.29, 0.717) is 0 Å². The molecule has 6 atom stereocenters. The largest absolute Gasteiger partial charge is 0.414 e. The van der Waals surface area contributed by atoms with E-state index in [4.69, 9.17) is 25.9 Å². The van der Waals surface area contributed by atoms with E-state index in [0.717, 1.165) is 0 Å². The van der Waals surface area contributed by atoms with E-state index in [9.17, 15) is 10.2 Å². The quantitative estimate of drug-likeness (QED) is 0.260. The van der Waals surface area contributed by atoms with Crippen LogP contribution in [0.5, 0.6) is 0 Å². The molecule has 2 N–H and O–H groups in total. The van der Waals surface area contributed by atoms with E-state index in [-0.39, 0.29) is 44.3 Å². The summed E-state index contributed by atoms with van der Waals surface area (Å²) in [6, 6.07) is 0. The molecule has 0 aromatic carbocycles. The molecule has 3 fully saturated rings. The average molecular weight is 665 g/mol. The van der Waals surface area contributed by atoms with E-state index in [1.54, 1.807) is 0 Å². The highest BCUT2D eigenvalue weighted by Gasteiger charge is 2.69. The summed E-state index contributed by atoms with van der Waals surface area (Å²) in [7, 11) is -11.9. The topological polar surface area (TPSA) is 95.8 Å². The molecule has 0 aromatic heterocycles. The third-order valence-electron chi connectivity index (χ3n) is 10.4. The lowest BCUT2D eigenvalue weighted by atomic mass is 9.85. The number of aliphatic hydroxyl groups is 2. The van der Waals surface area contributed by atoms with Gasteiger partial charge in [0.25, 0.3) is 0 Å². The van der Waals surface area contributed by atoms with Crippen molar-refractivity contribution in [1.29, 1.82) is 0 Å². The van der Waals surface area contributed by atoms with Gasteiger partial charge in [-0.3, -0.25) is 0 Å². The van der Waals surface area contributed by atoms with Gasteiger partial charge in [-0.05, 0) is 44.3 Å². The van der Waals surface area contributed by atoms with E-state index in [1.165, 1.54) is 0 Å². The monoisotopic (exact) mass is 664 g/mol. The first kappa shape index (κ1) is 37.0. The highest BCUT2D eigenvalue weighted by atomic mass is 28.5. The van der Waals surface area contributed by atoms with Crippen molar-refractivity contribution in [3.8, 4) is 0 Å². The summed E-state index contributed by atoms with van der Waals surface area (Å²) in [5.41, 5.74) is 0.909. The molecule has 1 saturated carbocycles. The van der Waals surface area contributed by atoms with Gasteiger partial charge in [0.1, 0.15) is 36.6 Å². The van der Waals surface area contributed by atoms with Crippen molar-refractivity contribution in [3.63, 3.8) is 0 Å². The Morgan fingerprint density at radius 3 is 0.595 bits per heavy atom. The molecule has 0 aromatic rings. The molecule has 0 spiro atoms. The molecule has 1 aliphatic carbocycles. The molecule has 0 amide bonds. The Labute approximate surface area is 261 Å². The second kappa shape index (κ2) is 13.0. The summed E-state index contributed by atoms with van der Waals surface area (Å²) >= 11 is 0. The van der Waals surface area contributed by atoms with Crippen LogP contribution in [0.4, 0.5) is 0 Å². The van der Waals surface area contributed by atoms with Gasteiger partial charge in [-0.1, -0.05) is 111 Å². The number of hydrogen-bond donors (Lipinski definition) is 2. The lowest BCUT2D eigenvalue weighted by Gasteiger charge is -2.50. The Kier molecular flexibility index (Phi) is 11.4. The van der Waals surface area contributed by atoms with Gasteiger partial charge < -0.3 is 36.1 Å². The minimum Gasteiger partial charge on any atom is -0.414 e. The van der Waals surface area contributed by atoms with Crippen LogP contribution in [0.1, 0.15) is 111 Å². The molecule has 2 saturated heterocycles. The smallest absolute Gasteiger partial charge is 0.335 e. The first-order chi connectivity index (χ1) is 19.2. The van der Waals surface area contributed by atoms with Crippen molar-refractivity contribution in [2.75, 3.05) is 0 Å². The van der Waals surface area contributed by atoms with Gasteiger partial charge in [0.15, 0.2) is 0 Å². The Hall–Kier alpha value is 0.548. The minimum atomic E-state index is -2.98. The molecular weight excluding hydrogens is 601 g/mol. The fraction of sp³-hybridized carbons (Fsp3) is 1.00. The van der Waals surface area contributed by atoms with Crippen molar-refractivity contribution in [1.82, 2.24) is 0 Å². The molecule has 12 heteroatoms. The van der Waals surface area contributed by atoms with Crippen LogP contribution in [0.3, 0.4) is 0 Å². The van der Waals surface area contributed by atoms with Gasteiger partial charge in [-0.2, -0.15) is 0 Å². The van der Waals surface area contributed by atoms with Crippen LogP contribution in [-0.4, -0.2) is 81.1 Å². The third kappa shape index (κ3) is 5.80. The lowest BCUT2D eigenvalue weighted by Crippen LogP contribution is -2.69. The van der Waals surface area contributed by atoms with Crippen molar-refractivity contribution in [2.24, 2.45) is 0 Å². The average Bonchev–Trinajstić information content (AvgIpc) is 3.16. The Morgan fingerprint density at radius 1 is 0.333 bits per heavy atom. The molecule has 3 aliphatic rings. The molecule has 42 heavy (non-hydrogen) atoms. The first-order valence-electron chi connectivity index (χ1n) is 16.6. The van der Waals surface area contributed by atoms with Crippen molar-refractivity contribution < 1.29 is 36.1 Å². The highest BCUT2D eigenvalue weighted by Crippen LogP contribution is 2.53. The summed E-state index contributed by atoms with van der Waals surface area (Å²) < 4.78 is 43.3. The maximum atomic E-state index is 12.4. The second-order valence-corrected chi connectivity index (χ2v) is 33.2. The van der Waals surface area contributed by atoms with Crippen LogP contribution in [0.2, 0.25) is 44.3 Å².